The molecule has 1 aliphatic heterocycles. The topological polar surface area (TPSA) is 26.0 Å². The van der Waals surface area contributed by atoms with E-state index in [0.717, 1.165) is 0 Å². The minimum atomic E-state index is -0.639. The van der Waals surface area contributed by atoms with Gasteiger partial charge in [-0.1, -0.05) is 13.1 Å². The molecule has 1 heterocycles. The lowest BCUT2D eigenvalue weighted by atomic mass is 10.4. The Balaban J connectivity index is 2.29. The lowest BCUT2D eigenvalue weighted by Gasteiger charge is -2.38. The molecule has 1 nitrogen and oxygen atoms in total. The second kappa shape index (κ2) is 1.33. The van der Waals surface area contributed by atoms with Gasteiger partial charge in [0.25, 0.3) is 0 Å². The van der Waals surface area contributed by atoms with Crippen LogP contribution in [0.1, 0.15) is 0 Å². The molecule has 0 bridgehead atoms. The van der Waals surface area contributed by atoms with Gasteiger partial charge in [0.1, 0.15) is 0 Å². The zero-order valence-corrected chi connectivity index (χ0v) is 6.07. The summed E-state index contributed by atoms with van der Waals surface area (Å²) in [7, 11) is -0.639. The lowest BCUT2D eigenvalue weighted by Crippen LogP contribution is -2.49. The molecule has 0 amide bonds. The predicted molar refractivity (Wildman–Crippen MR) is 35.1 cm³/mol. The van der Waals surface area contributed by atoms with Crippen LogP contribution in [0.4, 0.5) is 0 Å². The first-order valence-corrected chi connectivity index (χ1v) is 6.27. The maximum Gasteiger partial charge on any atom is 0.0504 e. The van der Waals surface area contributed by atoms with E-state index >= 15 is 0 Å². The summed E-state index contributed by atoms with van der Waals surface area (Å²) in [6.07, 6.45) is 0. The molecule has 42 valence electrons. The van der Waals surface area contributed by atoms with Gasteiger partial charge in [0.2, 0.25) is 0 Å². The summed E-state index contributed by atoms with van der Waals surface area (Å²) in [5.41, 5.74) is 5.59. The quantitative estimate of drug-likeness (QED) is 0.469. The van der Waals surface area contributed by atoms with Crippen LogP contribution in [-0.2, 0) is 0 Å². The minimum Gasteiger partial charge on any atom is -0.328 e. The van der Waals surface area contributed by atoms with Gasteiger partial charge in [0.05, 0.1) is 8.07 Å². The van der Waals surface area contributed by atoms with Gasteiger partial charge in [-0.15, -0.1) is 0 Å². The Kier molecular flexibility index (Phi) is 1.01. The molecule has 0 aromatic heterocycles. The van der Waals surface area contributed by atoms with E-state index in [0.29, 0.717) is 6.04 Å². The highest BCUT2D eigenvalue weighted by Crippen LogP contribution is 2.30. The third-order valence-electron chi connectivity index (χ3n) is 1.63. The smallest absolute Gasteiger partial charge is 0.0504 e. The monoisotopic (exact) mass is 115 g/mol. The normalized spacial score (nSPS) is 29.6. The van der Waals surface area contributed by atoms with Gasteiger partial charge >= 0.3 is 0 Å². The van der Waals surface area contributed by atoms with E-state index in [1.54, 1.807) is 0 Å². The van der Waals surface area contributed by atoms with Crippen molar-refractivity contribution in [1.82, 2.24) is 0 Å². The van der Waals surface area contributed by atoms with E-state index in [1.807, 2.05) is 0 Å². The van der Waals surface area contributed by atoms with Gasteiger partial charge in [-0.25, -0.2) is 0 Å². The third-order valence-corrected chi connectivity index (χ3v) is 4.89. The number of nitrogens with two attached hydrogens (primary N) is 1. The van der Waals surface area contributed by atoms with Crippen molar-refractivity contribution >= 4 is 8.07 Å². The fourth-order valence-electron chi connectivity index (χ4n) is 1.36. The van der Waals surface area contributed by atoms with Gasteiger partial charge in [-0.2, -0.15) is 0 Å². The van der Waals surface area contributed by atoms with Crippen molar-refractivity contribution in [2.24, 2.45) is 5.73 Å². The van der Waals surface area contributed by atoms with Crippen LogP contribution in [0.3, 0.4) is 0 Å². The molecular weight excluding hydrogens is 102 g/mol. The second-order valence-electron chi connectivity index (χ2n) is 3.33. The van der Waals surface area contributed by atoms with Crippen molar-refractivity contribution in [3.05, 3.63) is 0 Å². The molecule has 0 unspecified atom stereocenters. The molecule has 1 fully saturated rings. The van der Waals surface area contributed by atoms with E-state index in [4.69, 9.17) is 5.73 Å². The molecule has 0 saturated carbocycles. The minimum absolute atomic E-state index is 0.571. The van der Waals surface area contributed by atoms with Gasteiger partial charge in [-0.3, -0.25) is 0 Å². The van der Waals surface area contributed by atoms with E-state index in [2.05, 4.69) is 13.1 Å². The van der Waals surface area contributed by atoms with E-state index in [-0.39, 0.29) is 0 Å². The Bertz CT molecular complexity index is 72.1. The highest BCUT2D eigenvalue weighted by Gasteiger charge is 2.34. The van der Waals surface area contributed by atoms with Gasteiger partial charge in [0.15, 0.2) is 0 Å². The van der Waals surface area contributed by atoms with Crippen LogP contribution in [0, 0.1) is 0 Å². The Morgan fingerprint density at radius 3 is 1.86 bits per heavy atom. The summed E-state index contributed by atoms with van der Waals surface area (Å²) >= 11 is 0. The zero-order valence-electron chi connectivity index (χ0n) is 5.07. The molecule has 0 aliphatic carbocycles. The van der Waals surface area contributed by atoms with Gasteiger partial charge in [0, 0.05) is 0 Å². The van der Waals surface area contributed by atoms with Crippen molar-refractivity contribution < 1.29 is 0 Å². The van der Waals surface area contributed by atoms with Crippen LogP contribution < -0.4 is 5.73 Å². The second-order valence-corrected chi connectivity index (χ2v) is 8.48. The Morgan fingerprint density at radius 2 is 1.86 bits per heavy atom. The summed E-state index contributed by atoms with van der Waals surface area (Å²) in [4.78, 5) is 0. The first-order chi connectivity index (χ1) is 3.10. The average Bonchev–Trinajstić information content (AvgIpc) is 1.27. The van der Waals surface area contributed by atoms with Crippen molar-refractivity contribution in [2.75, 3.05) is 0 Å². The van der Waals surface area contributed by atoms with Gasteiger partial charge < -0.3 is 5.73 Å². The van der Waals surface area contributed by atoms with E-state index in [1.165, 1.54) is 12.1 Å². The Hall–Kier alpha value is 0.177. The standard InChI is InChI=1S/C5H13NSi/c1-7(2)3-5(6)4-7/h5H,3-4,6H2,1-2H3. The SMILES string of the molecule is C[Si]1(C)CC(N)C1. The lowest BCUT2D eigenvalue weighted by molar-refractivity contribution is 0.724. The highest BCUT2D eigenvalue weighted by atomic mass is 28.3. The van der Waals surface area contributed by atoms with Gasteiger partial charge in [-0.05, 0) is 18.1 Å². The van der Waals surface area contributed by atoms with Crippen molar-refractivity contribution in [1.29, 1.82) is 0 Å². The van der Waals surface area contributed by atoms with E-state index < -0.39 is 8.07 Å². The Labute approximate surface area is 45.9 Å². The largest absolute Gasteiger partial charge is 0.328 e. The zero-order chi connectivity index (χ0) is 5.49. The van der Waals surface area contributed by atoms with Crippen LogP contribution in [-0.4, -0.2) is 14.1 Å². The fraction of sp³-hybridized carbons (Fsp3) is 1.00. The summed E-state index contributed by atoms with van der Waals surface area (Å²) in [5.74, 6) is 0. The summed E-state index contributed by atoms with van der Waals surface area (Å²) < 4.78 is 0. The molecule has 0 spiro atoms. The van der Waals surface area contributed by atoms with Crippen molar-refractivity contribution in [3.8, 4) is 0 Å². The maximum atomic E-state index is 5.59. The summed E-state index contributed by atoms with van der Waals surface area (Å²) in [5, 5.41) is 0. The fourth-order valence-corrected chi connectivity index (χ4v) is 4.08. The molecule has 1 aliphatic rings. The average molecular weight is 115 g/mol. The number of hydrogen-bond donors (Lipinski definition) is 1. The van der Waals surface area contributed by atoms with Crippen LogP contribution in [0.5, 0.6) is 0 Å². The molecule has 2 heteroatoms. The molecule has 1 rings (SSSR count). The molecule has 7 heavy (non-hydrogen) atoms. The van der Waals surface area contributed by atoms with Crippen LogP contribution in [0.2, 0.25) is 25.2 Å². The number of rotatable bonds is 0. The van der Waals surface area contributed by atoms with Crippen molar-refractivity contribution in [2.45, 2.75) is 31.2 Å². The van der Waals surface area contributed by atoms with Crippen LogP contribution in [0.15, 0.2) is 0 Å². The molecule has 0 atom stereocenters. The predicted octanol–water partition coefficient (Wildman–Crippen LogP) is 1.04. The maximum absolute atomic E-state index is 5.59. The first kappa shape index (κ1) is 5.32. The molecule has 0 aromatic rings. The van der Waals surface area contributed by atoms with Crippen LogP contribution >= 0.6 is 0 Å². The summed E-state index contributed by atoms with van der Waals surface area (Å²) in [6, 6.07) is 3.28. The molecule has 0 aromatic carbocycles. The first-order valence-electron chi connectivity index (χ1n) is 2.86. The number of hydrogen-bond acceptors (Lipinski definition) is 1. The van der Waals surface area contributed by atoms with Crippen LogP contribution in [0.25, 0.3) is 0 Å². The summed E-state index contributed by atoms with van der Waals surface area (Å²) in [6.45, 7) is 4.80. The molecule has 2 N–H and O–H groups in total. The molecule has 0 radical (unpaired) electrons. The highest BCUT2D eigenvalue weighted by molar-refractivity contribution is 6.80. The van der Waals surface area contributed by atoms with E-state index in [9.17, 15) is 0 Å². The molecule has 1 saturated heterocycles. The Morgan fingerprint density at radius 1 is 1.43 bits per heavy atom. The molecular formula is C5H13NSi. The van der Waals surface area contributed by atoms with Crippen molar-refractivity contribution in [3.63, 3.8) is 0 Å². The third kappa shape index (κ3) is 1.04.